The molecular formula is C16H16N3O+. The molecule has 1 aromatic carbocycles. The number of nitriles is 1. The fraction of sp³-hybridized carbons (Fsp3) is 0.250. The molecule has 0 saturated carbocycles. The molecule has 2 aromatic rings. The van der Waals surface area contributed by atoms with Gasteiger partial charge in [0.15, 0.2) is 0 Å². The molecule has 3 rings (SSSR count). The van der Waals surface area contributed by atoms with Crippen molar-refractivity contribution in [1.29, 1.82) is 5.26 Å². The summed E-state index contributed by atoms with van der Waals surface area (Å²) in [5.74, 6) is 0.885. The fourth-order valence-electron chi connectivity index (χ4n) is 2.42. The number of hydrogen-bond donors (Lipinski definition) is 0. The Morgan fingerprint density at radius 3 is 2.55 bits per heavy atom. The maximum atomic E-state index is 9.39. The van der Waals surface area contributed by atoms with Gasteiger partial charge in [-0.25, -0.2) is 4.98 Å². The van der Waals surface area contributed by atoms with Crippen molar-refractivity contribution in [2.24, 2.45) is 0 Å². The summed E-state index contributed by atoms with van der Waals surface area (Å²) in [6.07, 6.45) is 1.96. The fourth-order valence-corrected chi connectivity index (χ4v) is 2.42. The van der Waals surface area contributed by atoms with E-state index in [-0.39, 0.29) is 0 Å². The first-order valence-corrected chi connectivity index (χ1v) is 6.72. The van der Waals surface area contributed by atoms with Crippen LogP contribution in [-0.4, -0.2) is 26.3 Å². The Kier molecular flexibility index (Phi) is 3.62. The lowest BCUT2D eigenvalue weighted by Crippen LogP contribution is -2.40. The van der Waals surface area contributed by atoms with Crippen molar-refractivity contribution >= 4 is 5.82 Å². The van der Waals surface area contributed by atoms with Crippen LogP contribution in [0.3, 0.4) is 0 Å². The number of H-pyrrole nitrogens is 1. The Morgan fingerprint density at radius 2 is 1.85 bits per heavy atom. The molecule has 4 nitrogen and oxygen atoms in total. The number of hydrogen-bond acceptors (Lipinski definition) is 3. The summed E-state index contributed by atoms with van der Waals surface area (Å²) in [7, 11) is 0. The Hall–Kier alpha value is -2.38. The number of ether oxygens (including phenoxy) is 1. The minimum absolute atomic E-state index is 0.674. The van der Waals surface area contributed by atoms with Crippen molar-refractivity contribution in [1.82, 2.24) is 0 Å². The van der Waals surface area contributed by atoms with E-state index in [0.29, 0.717) is 18.8 Å². The highest BCUT2D eigenvalue weighted by molar-refractivity contribution is 5.66. The standard InChI is InChI=1S/C16H15N3O/c17-11-14-10-15(13-4-2-1-3-5-13)12-18-16(14)19-6-8-20-9-7-19/h1-5,10,12H,6-9H2/p+1. The molecule has 1 saturated heterocycles. The van der Waals surface area contributed by atoms with E-state index in [1.54, 1.807) is 0 Å². The number of morpholine rings is 1. The van der Waals surface area contributed by atoms with E-state index in [0.717, 1.165) is 30.0 Å². The smallest absolute Gasteiger partial charge is 0.292 e. The summed E-state index contributed by atoms with van der Waals surface area (Å²) in [6.45, 7) is 3.05. The average molecular weight is 266 g/mol. The van der Waals surface area contributed by atoms with E-state index in [2.05, 4.69) is 16.0 Å². The lowest BCUT2D eigenvalue weighted by Gasteiger charge is -2.22. The molecule has 1 fully saturated rings. The van der Waals surface area contributed by atoms with Crippen LogP contribution >= 0.6 is 0 Å². The second kappa shape index (κ2) is 5.72. The molecular weight excluding hydrogens is 250 g/mol. The zero-order valence-electron chi connectivity index (χ0n) is 11.2. The van der Waals surface area contributed by atoms with Crippen molar-refractivity contribution in [2.75, 3.05) is 31.2 Å². The van der Waals surface area contributed by atoms with E-state index in [1.807, 2.05) is 42.6 Å². The van der Waals surface area contributed by atoms with Gasteiger partial charge in [0.25, 0.3) is 5.82 Å². The highest BCUT2D eigenvalue weighted by Crippen LogP contribution is 2.22. The number of aromatic nitrogens is 1. The Balaban J connectivity index is 1.96. The van der Waals surface area contributed by atoms with Crippen molar-refractivity contribution in [3.8, 4) is 17.2 Å². The molecule has 0 atom stereocenters. The highest BCUT2D eigenvalue weighted by atomic mass is 16.5. The molecule has 100 valence electrons. The molecule has 0 aliphatic carbocycles. The molecule has 0 radical (unpaired) electrons. The molecule has 1 aromatic heterocycles. The number of nitrogens with one attached hydrogen (secondary N) is 1. The molecule has 2 heterocycles. The molecule has 20 heavy (non-hydrogen) atoms. The summed E-state index contributed by atoms with van der Waals surface area (Å²) in [5.41, 5.74) is 2.81. The second-order valence-corrected chi connectivity index (χ2v) is 4.73. The first kappa shape index (κ1) is 12.6. The first-order chi connectivity index (χ1) is 9.88. The third-order valence-electron chi connectivity index (χ3n) is 3.47. The van der Waals surface area contributed by atoms with Crippen LogP contribution in [0.25, 0.3) is 11.1 Å². The van der Waals surface area contributed by atoms with Gasteiger partial charge in [-0.3, -0.25) is 4.90 Å². The van der Waals surface area contributed by atoms with Gasteiger partial charge in [-0.2, -0.15) is 5.26 Å². The number of pyridine rings is 1. The van der Waals surface area contributed by atoms with E-state index < -0.39 is 0 Å². The maximum absolute atomic E-state index is 9.39. The lowest BCUT2D eigenvalue weighted by atomic mass is 10.1. The van der Waals surface area contributed by atoms with Gasteiger partial charge in [0, 0.05) is 5.56 Å². The van der Waals surface area contributed by atoms with Crippen LogP contribution in [0.4, 0.5) is 5.82 Å². The lowest BCUT2D eigenvalue weighted by molar-refractivity contribution is -0.364. The molecule has 1 aliphatic rings. The van der Waals surface area contributed by atoms with Gasteiger partial charge in [-0.05, 0) is 11.6 Å². The number of anilines is 1. The van der Waals surface area contributed by atoms with Crippen molar-refractivity contribution in [2.45, 2.75) is 0 Å². The van der Waals surface area contributed by atoms with Gasteiger partial charge >= 0.3 is 0 Å². The van der Waals surface area contributed by atoms with Crippen LogP contribution in [-0.2, 0) is 4.74 Å². The molecule has 0 unspecified atom stereocenters. The predicted molar refractivity (Wildman–Crippen MR) is 76.2 cm³/mol. The van der Waals surface area contributed by atoms with Gasteiger partial charge in [-0.15, -0.1) is 0 Å². The molecule has 0 amide bonds. The Morgan fingerprint density at radius 1 is 1.10 bits per heavy atom. The van der Waals surface area contributed by atoms with Crippen molar-refractivity contribution in [3.63, 3.8) is 0 Å². The minimum Gasteiger partial charge on any atom is -0.373 e. The quantitative estimate of drug-likeness (QED) is 0.834. The zero-order valence-corrected chi connectivity index (χ0v) is 11.2. The van der Waals surface area contributed by atoms with Gasteiger partial charge in [0.2, 0.25) is 0 Å². The van der Waals surface area contributed by atoms with Crippen LogP contribution in [0.2, 0.25) is 0 Å². The van der Waals surface area contributed by atoms with Crippen molar-refractivity contribution in [3.05, 3.63) is 48.2 Å². The van der Waals surface area contributed by atoms with Crippen LogP contribution in [0.5, 0.6) is 0 Å². The summed E-state index contributed by atoms with van der Waals surface area (Å²) < 4.78 is 5.35. The van der Waals surface area contributed by atoms with Gasteiger partial charge in [-0.1, -0.05) is 30.3 Å². The molecule has 0 spiro atoms. The van der Waals surface area contributed by atoms with E-state index in [1.165, 1.54) is 0 Å². The van der Waals surface area contributed by atoms with Crippen molar-refractivity contribution < 1.29 is 9.72 Å². The van der Waals surface area contributed by atoms with E-state index in [4.69, 9.17) is 4.74 Å². The monoisotopic (exact) mass is 266 g/mol. The molecule has 1 aliphatic heterocycles. The summed E-state index contributed by atoms with van der Waals surface area (Å²) >= 11 is 0. The van der Waals surface area contributed by atoms with Crippen LogP contribution < -0.4 is 9.88 Å². The van der Waals surface area contributed by atoms with Crippen LogP contribution in [0, 0.1) is 11.3 Å². The summed E-state index contributed by atoms with van der Waals surface area (Å²) in [6, 6.07) is 14.3. The van der Waals surface area contributed by atoms with Crippen LogP contribution in [0.15, 0.2) is 42.6 Å². The average Bonchev–Trinajstić information content (AvgIpc) is 2.56. The largest absolute Gasteiger partial charge is 0.373 e. The third kappa shape index (κ3) is 2.49. The number of aromatic amines is 1. The highest BCUT2D eigenvalue weighted by Gasteiger charge is 2.23. The summed E-state index contributed by atoms with van der Waals surface area (Å²) in [4.78, 5) is 5.44. The topological polar surface area (TPSA) is 50.4 Å². The van der Waals surface area contributed by atoms with E-state index in [9.17, 15) is 5.26 Å². The molecule has 1 N–H and O–H groups in total. The summed E-state index contributed by atoms with van der Waals surface area (Å²) in [5, 5.41) is 9.39. The Labute approximate surface area is 118 Å². The second-order valence-electron chi connectivity index (χ2n) is 4.73. The third-order valence-corrected chi connectivity index (χ3v) is 3.47. The zero-order chi connectivity index (χ0) is 13.8. The van der Waals surface area contributed by atoms with Gasteiger partial charge < -0.3 is 4.74 Å². The number of benzene rings is 1. The van der Waals surface area contributed by atoms with Gasteiger partial charge in [0.1, 0.15) is 24.7 Å². The minimum atomic E-state index is 0.674. The first-order valence-electron chi connectivity index (χ1n) is 6.72. The van der Waals surface area contributed by atoms with Gasteiger partial charge in [0.05, 0.1) is 19.4 Å². The number of nitrogens with zero attached hydrogens (tertiary/aromatic N) is 2. The SMILES string of the molecule is N#Cc1cc(-c2ccccc2)c[nH+]c1N1CCOCC1. The van der Waals surface area contributed by atoms with E-state index >= 15 is 0 Å². The number of rotatable bonds is 2. The molecule has 4 heteroatoms. The predicted octanol–water partition coefficient (Wildman–Crippen LogP) is 1.88. The normalized spacial score (nSPS) is 14.8. The van der Waals surface area contributed by atoms with Crippen LogP contribution in [0.1, 0.15) is 5.56 Å². The maximum Gasteiger partial charge on any atom is 0.292 e. The molecule has 0 bridgehead atoms. The Bertz CT molecular complexity index is 628.